The van der Waals surface area contributed by atoms with Crippen LogP contribution in [0, 0.1) is 23.7 Å². The Morgan fingerprint density at radius 1 is 1.04 bits per heavy atom. The Labute approximate surface area is 181 Å². The van der Waals surface area contributed by atoms with E-state index in [1.54, 1.807) is 24.3 Å². The van der Waals surface area contributed by atoms with Crippen molar-refractivity contribution in [2.24, 2.45) is 23.7 Å². The monoisotopic (exact) mass is 511 g/mol. The second-order valence-corrected chi connectivity index (χ2v) is 10.1. The maximum absolute atomic E-state index is 13.0. The Balaban J connectivity index is 1.46. The number of fused-ring (bicyclic) bond motifs is 5. The summed E-state index contributed by atoms with van der Waals surface area (Å²) < 4.78 is 5.34. The molecule has 1 heterocycles. The number of amides is 2. The van der Waals surface area contributed by atoms with Gasteiger partial charge in [0.15, 0.2) is 0 Å². The summed E-state index contributed by atoms with van der Waals surface area (Å²) >= 11 is 7.40. The molecular formula is C21H23Br2NO4. The van der Waals surface area contributed by atoms with Gasteiger partial charge >= 0.3 is 5.97 Å². The highest BCUT2D eigenvalue weighted by atomic mass is 79.9. The number of nitrogens with zero attached hydrogens (tertiary/aromatic N) is 1. The molecule has 0 N–H and O–H groups in total. The predicted octanol–water partition coefficient (Wildman–Crippen LogP) is 4.45. The van der Waals surface area contributed by atoms with Crippen molar-refractivity contribution in [3.63, 3.8) is 0 Å². The molecule has 1 saturated heterocycles. The van der Waals surface area contributed by atoms with Crippen LogP contribution in [0.25, 0.3) is 0 Å². The van der Waals surface area contributed by atoms with Crippen molar-refractivity contribution in [2.45, 2.75) is 48.7 Å². The van der Waals surface area contributed by atoms with Crippen LogP contribution in [0.3, 0.4) is 0 Å². The van der Waals surface area contributed by atoms with E-state index in [9.17, 15) is 14.4 Å². The van der Waals surface area contributed by atoms with E-state index in [2.05, 4.69) is 38.8 Å². The number of hydrogen-bond donors (Lipinski definition) is 0. The van der Waals surface area contributed by atoms with Crippen molar-refractivity contribution < 1.29 is 19.1 Å². The maximum atomic E-state index is 13.0. The normalized spacial score (nSPS) is 33.5. The number of alkyl halides is 2. The maximum Gasteiger partial charge on any atom is 0.311 e. The van der Waals surface area contributed by atoms with Gasteiger partial charge in [-0.15, -0.1) is 0 Å². The Morgan fingerprint density at radius 2 is 1.61 bits per heavy atom. The fourth-order valence-electron chi connectivity index (χ4n) is 4.97. The van der Waals surface area contributed by atoms with Crippen LogP contribution < -0.4 is 9.64 Å². The van der Waals surface area contributed by atoms with Crippen LogP contribution in [0.15, 0.2) is 24.3 Å². The van der Waals surface area contributed by atoms with Gasteiger partial charge in [0.05, 0.1) is 17.5 Å². The molecule has 2 saturated carbocycles. The summed E-state index contributed by atoms with van der Waals surface area (Å²) in [6, 6.07) is 6.67. The topological polar surface area (TPSA) is 63.7 Å². The molecule has 0 radical (unpaired) electrons. The van der Waals surface area contributed by atoms with Gasteiger partial charge in [-0.05, 0) is 48.9 Å². The molecule has 28 heavy (non-hydrogen) atoms. The van der Waals surface area contributed by atoms with Crippen molar-refractivity contribution in [3.8, 4) is 5.75 Å². The average Bonchev–Trinajstić information content (AvgIpc) is 3.28. The van der Waals surface area contributed by atoms with E-state index >= 15 is 0 Å². The van der Waals surface area contributed by atoms with E-state index in [1.165, 1.54) is 4.90 Å². The van der Waals surface area contributed by atoms with E-state index in [4.69, 9.17) is 4.74 Å². The summed E-state index contributed by atoms with van der Waals surface area (Å²) in [4.78, 5) is 39.7. The Bertz CT molecular complexity index is 764. The van der Waals surface area contributed by atoms with Crippen molar-refractivity contribution in [3.05, 3.63) is 24.3 Å². The number of carbonyl (C=O) groups excluding carboxylic acids is 3. The SMILES string of the molecule is CCCCCC(=O)Oc1ccc(N2C(=O)[C@@H]3[C@H]4C[C@@H]([C@H](Br)[C@@H]4Br)[C@@H]3C2=O)cc1. The Hall–Kier alpha value is -1.21. The number of esters is 1. The predicted molar refractivity (Wildman–Crippen MR) is 113 cm³/mol. The molecule has 4 rings (SSSR count). The number of unbranched alkanes of at least 4 members (excludes halogenated alkanes) is 2. The standard InChI is InChI=1S/C21H23Br2NO4/c1-2-3-4-5-15(25)28-12-8-6-11(7-9-12)24-20(26)16-13-10-14(17(16)21(24)27)19(23)18(13)22/h6-9,13-14,16-19H,2-5,10H2,1H3/t13-,14-,16-,17+,18-,19+/m1/s1. The number of anilines is 1. The molecule has 7 heteroatoms. The van der Waals surface area contributed by atoms with Gasteiger partial charge < -0.3 is 4.74 Å². The Kier molecular flexibility index (Phi) is 5.67. The molecule has 2 aliphatic carbocycles. The third-order valence-electron chi connectivity index (χ3n) is 6.30. The molecule has 1 aromatic rings. The van der Waals surface area contributed by atoms with Crippen LogP contribution in [0.4, 0.5) is 5.69 Å². The van der Waals surface area contributed by atoms with Gasteiger partial charge in [0.25, 0.3) is 0 Å². The van der Waals surface area contributed by atoms with E-state index in [0.29, 0.717) is 17.9 Å². The molecule has 0 unspecified atom stereocenters. The van der Waals surface area contributed by atoms with Gasteiger partial charge in [-0.25, -0.2) is 0 Å². The van der Waals surface area contributed by atoms with Gasteiger partial charge in [-0.1, -0.05) is 51.6 Å². The summed E-state index contributed by atoms with van der Waals surface area (Å²) in [5.74, 6) is -0.0869. The van der Waals surface area contributed by atoms with Crippen LogP contribution in [-0.4, -0.2) is 27.4 Å². The van der Waals surface area contributed by atoms with E-state index in [-0.39, 0.29) is 51.1 Å². The summed E-state index contributed by atoms with van der Waals surface area (Å²) in [5.41, 5.74) is 0.548. The highest BCUT2D eigenvalue weighted by molar-refractivity contribution is 9.12. The first-order valence-electron chi connectivity index (χ1n) is 9.90. The molecule has 0 spiro atoms. The van der Waals surface area contributed by atoms with Gasteiger partial charge in [-0.3, -0.25) is 19.3 Å². The third-order valence-corrected chi connectivity index (χ3v) is 9.50. The molecule has 2 bridgehead atoms. The number of carbonyl (C=O) groups is 3. The van der Waals surface area contributed by atoms with Gasteiger partial charge in [0, 0.05) is 16.1 Å². The smallest absolute Gasteiger partial charge is 0.311 e. The van der Waals surface area contributed by atoms with Crippen molar-refractivity contribution in [1.29, 1.82) is 0 Å². The van der Waals surface area contributed by atoms with Gasteiger partial charge in [0.1, 0.15) is 5.75 Å². The fraction of sp³-hybridized carbons (Fsp3) is 0.571. The molecule has 2 amide bonds. The lowest BCUT2D eigenvalue weighted by atomic mass is 9.81. The van der Waals surface area contributed by atoms with Crippen LogP contribution in [0.2, 0.25) is 0 Å². The van der Waals surface area contributed by atoms with Crippen LogP contribution in [0.5, 0.6) is 5.75 Å². The molecule has 150 valence electrons. The molecule has 1 aromatic carbocycles. The van der Waals surface area contributed by atoms with Crippen molar-refractivity contribution >= 4 is 55.3 Å². The zero-order valence-corrected chi connectivity index (χ0v) is 18.8. The molecule has 5 nitrogen and oxygen atoms in total. The van der Waals surface area contributed by atoms with Crippen LogP contribution in [-0.2, 0) is 14.4 Å². The number of benzene rings is 1. The van der Waals surface area contributed by atoms with Gasteiger partial charge in [0.2, 0.25) is 11.8 Å². The number of halogens is 2. The number of imide groups is 1. The summed E-state index contributed by atoms with van der Waals surface area (Å²) in [6.45, 7) is 2.08. The lowest BCUT2D eigenvalue weighted by Crippen LogP contribution is -2.37. The highest BCUT2D eigenvalue weighted by Gasteiger charge is 2.66. The molecule has 3 fully saturated rings. The molecular weight excluding hydrogens is 490 g/mol. The lowest BCUT2D eigenvalue weighted by molar-refractivity contribution is -0.134. The summed E-state index contributed by atoms with van der Waals surface area (Å²) in [5, 5.41) is 0. The van der Waals surface area contributed by atoms with Crippen LogP contribution >= 0.6 is 31.9 Å². The second-order valence-electron chi connectivity index (χ2n) is 7.94. The molecule has 0 aromatic heterocycles. The lowest BCUT2D eigenvalue weighted by Gasteiger charge is -2.28. The first-order valence-corrected chi connectivity index (χ1v) is 11.7. The van der Waals surface area contributed by atoms with E-state index in [1.807, 2.05) is 0 Å². The molecule has 1 aliphatic heterocycles. The fourth-order valence-corrected chi connectivity index (χ4v) is 6.84. The first-order chi connectivity index (χ1) is 13.4. The minimum Gasteiger partial charge on any atom is -0.427 e. The zero-order chi connectivity index (χ0) is 20.0. The first kappa shape index (κ1) is 20.1. The third kappa shape index (κ3) is 3.24. The highest BCUT2D eigenvalue weighted by Crippen LogP contribution is 2.60. The number of rotatable bonds is 6. The largest absolute Gasteiger partial charge is 0.427 e. The van der Waals surface area contributed by atoms with Gasteiger partial charge in [-0.2, -0.15) is 0 Å². The zero-order valence-electron chi connectivity index (χ0n) is 15.6. The second kappa shape index (κ2) is 7.90. The Morgan fingerprint density at radius 3 is 2.14 bits per heavy atom. The van der Waals surface area contributed by atoms with E-state index in [0.717, 1.165) is 25.7 Å². The minimum atomic E-state index is -0.257. The summed E-state index contributed by atoms with van der Waals surface area (Å²) in [7, 11) is 0. The molecule has 3 aliphatic rings. The molecule has 6 atom stereocenters. The number of hydrogen-bond acceptors (Lipinski definition) is 4. The van der Waals surface area contributed by atoms with E-state index < -0.39 is 0 Å². The van der Waals surface area contributed by atoms with Crippen molar-refractivity contribution in [1.82, 2.24) is 0 Å². The minimum absolute atomic E-state index is 0.101. The average molecular weight is 513 g/mol. The number of ether oxygens (including phenoxy) is 1. The van der Waals surface area contributed by atoms with Crippen molar-refractivity contribution in [2.75, 3.05) is 4.90 Å². The summed E-state index contributed by atoms with van der Waals surface area (Å²) in [6.07, 6.45) is 4.18. The quantitative estimate of drug-likeness (QED) is 0.186. The van der Waals surface area contributed by atoms with Crippen LogP contribution in [0.1, 0.15) is 39.0 Å².